The number of methoxy groups -OCH3 is 1. The van der Waals surface area contributed by atoms with Crippen LogP contribution in [0.2, 0.25) is 10.0 Å². The van der Waals surface area contributed by atoms with Gasteiger partial charge in [-0.05, 0) is 50.6 Å². The minimum absolute atomic E-state index is 0.191. The molecule has 184 valence electrons. The molecule has 1 amide bonds. The second kappa shape index (κ2) is 9.87. The Kier molecular flexibility index (Phi) is 7.05. The van der Waals surface area contributed by atoms with Gasteiger partial charge in [0.2, 0.25) is 0 Å². The molecule has 2 aromatic carbocycles. The van der Waals surface area contributed by atoms with Gasteiger partial charge >= 0.3 is 12.1 Å². The number of fused-ring (bicyclic) bond motifs is 1. The van der Waals surface area contributed by atoms with E-state index in [1.54, 1.807) is 39.0 Å². The van der Waals surface area contributed by atoms with E-state index >= 15 is 0 Å². The van der Waals surface area contributed by atoms with Crippen LogP contribution in [0.25, 0.3) is 22.0 Å². The molecule has 2 heterocycles. The summed E-state index contributed by atoms with van der Waals surface area (Å²) in [5.41, 5.74) is 1.69. The van der Waals surface area contributed by atoms with Crippen molar-refractivity contribution < 1.29 is 19.1 Å². The normalized spacial score (nSPS) is 16.3. The van der Waals surface area contributed by atoms with Gasteiger partial charge in [0.25, 0.3) is 0 Å². The van der Waals surface area contributed by atoms with Gasteiger partial charge in [0.05, 0.1) is 24.2 Å². The van der Waals surface area contributed by atoms with Crippen LogP contribution in [0.3, 0.4) is 0 Å². The van der Waals surface area contributed by atoms with E-state index in [4.69, 9.17) is 32.7 Å². The van der Waals surface area contributed by atoms with Crippen molar-refractivity contribution in [2.75, 3.05) is 31.6 Å². The number of nitrogens with zero attached hydrogens (tertiary/aromatic N) is 4. The third-order valence-electron chi connectivity index (χ3n) is 5.64. The molecule has 0 unspecified atom stereocenters. The second-order valence-corrected chi connectivity index (χ2v) is 10.1. The number of rotatable bonds is 3. The van der Waals surface area contributed by atoms with Gasteiger partial charge in [-0.3, -0.25) is 4.90 Å². The van der Waals surface area contributed by atoms with Crippen molar-refractivity contribution in [3.63, 3.8) is 0 Å². The number of amides is 1. The highest BCUT2D eigenvalue weighted by molar-refractivity contribution is 6.34. The average molecular weight is 517 g/mol. The summed E-state index contributed by atoms with van der Waals surface area (Å²) in [7, 11) is 1.30. The van der Waals surface area contributed by atoms with E-state index in [-0.39, 0.29) is 13.1 Å². The molecular weight excluding hydrogens is 491 g/mol. The second-order valence-electron chi connectivity index (χ2n) is 9.21. The summed E-state index contributed by atoms with van der Waals surface area (Å²) in [5, 5.41) is 1.95. The van der Waals surface area contributed by atoms with Crippen molar-refractivity contribution in [1.29, 1.82) is 0 Å². The number of ether oxygens (including phenoxy) is 2. The molecule has 0 radical (unpaired) electrons. The molecule has 1 aliphatic rings. The first kappa shape index (κ1) is 25.0. The number of esters is 1. The summed E-state index contributed by atoms with van der Waals surface area (Å²) < 4.78 is 10.5. The highest BCUT2D eigenvalue weighted by Crippen LogP contribution is 2.35. The van der Waals surface area contributed by atoms with Crippen LogP contribution in [0, 0.1) is 0 Å². The van der Waals surface area contributed by atoms with Gasteiger partial charge in [-0.1, -0.05) is 35.3 Å². The van der Waals surface area contributed by atoms with Crippen molar-refractivity contribution >= 4 is 52.0 Å². The standard InChI is InChI=1S/C25H26Cl2N4O4/c1-25(2,3)35-24(33)31-10-9-30(13-21(31)23(32)34-4)22-18-11-17(15-5-7-16(26)8-6-15)19(27)12-20(18)28-14-29-22/h5-8,11-12,14,21H,9-10,13H2,1-4H3/t21-/m0/s1. The number of anilines is 1. The Morgan fingerprint density at radius 3 is 2.43 bits per heavy atom. The number of halogens is 2. The summed E-state index contributed by atoms with van der Waals surface area (Å²) in [5.74, 6) is 0.114. The summed E-state index contributed by atoms with van der Waals surface area (Å²) in [6, 6.07) is 10.3. The maximum atomic E-state index is 12.8. The first-order valence-electron chi connectivity index (χ1n) is 11.1. The number of piperazine rings is 1. The van der Waals surface area contributed by atoms with Crippen LogP contribution in [0.1, 0.15) is 20.8 Å². The molecule has 0 N–H and O–H groups in total. The lowest BCUT2D eigenvalue weighted by atomic mass is 10.0. The smallest absolute Gasteiger partial charge is 0.411 e. The maximum absolute atomic E-state index is 12.8. The summed E-state index contributed by atoms with van der Waals surface area (Å²) in [6.07, 6.45) is 0.903. The van der Waals surface area contributed by atoms with E-state index in [2.05, 4.69) is 9.97 Å². The van der Waals surface area contributed by atoms with Crippen molar-refractivity contribution in [2.45, 2.75) is 32.4 Å². The topological polar surface area (TPSA) is 84.9 Å². The highest BCUT2D eigenvalue weighted by Gasteiger charge is 2.39. The monoisotopic (exact) mass is 516 g/mol. The SMILES string of the molecule is COC(=O)[C@@H]1CN(c2ncnc3cc(Cl)c(-c4ccc(Cl)cc4)cc23)CCN1C(=O)OC(C)(C)C. The Morgan fingerprint density at radius 2 is 1.77 bits per heavy atom. The van der Waals surface area contributed by atoms with Crippen LogP contribution >= 0.6 is 23.2 Å². The highest BCUT2D eigenvalue weighted by atomic mass is 35.5. The van der Waals surface area contributed by atoms with Gasteiger partial charge in [-0.2, -0.15) is 0 Å². The fraction of sp³-hybridized carbons (Fsp3) is 0.360. The molecule has 1 atom stereocenters. The van der Waals surface area contributed by atoms with Crippen LogP contribution in [0.5, 0.6) is 0 Å². The molecule has 1 saturated heterocycles. The van der Waals surface area contributed by atoms with E-state index in [0.717, 1.165) is 16.5 Å². The van der Waals surface area contributed by atoms with Crippen molar-refractivity contribution in [2.24, 2.45) is 0 Å². The minimum Gasteiger partial charge on any atom is -0.467 e. The van der Waals surface area contributed by atoms with Crippen molar-refractivity contribution in [3.05, 3.63) is 52.8 Å². The van der Waals surface area contributed by atoms with E-state index in [9.17, 15) is 9.59 Å². The van der Waals surface area contributed by atoms with E-state index in [1.807, 2.05) is 23.1 Å². The number of hydrogen-bond acceptors (Lipinski definition) is 7. The molecular formula is C25H26Cl2N4O4. The van der Waals surface area contributed by atoms with E-state index in [1.165, 1.54) is 18.3 Å². The predicted molar refractivity (Wildman–Crippen MR) is 136 cm³/mol. The average Bonchev–Trinajstić information content (AvgIpc) is 2.82. The number of carbonyl (C=O) groups excluding carboxylic acids is 2. The van der Waals surface area contributed by atoms with Gasteiger partial charge in [0.15, 0.2) is 6.04 Å². The lowest BCUT2D eigenvalue weighted by molar-refractivity contribution is -0.147. The van der Waals surface area contributed by atoms with Crippen molar-refractivity contribution in [3.8, 4) is 11.1 Å². The molecule has 0 aliphatic carbocycles. The molecule has 35 heavy (non-hydrogen) atoms. The Bertz CT molecular complexity index is 1260. The molecule has 1 aliphatic heterocycles. The summed E-state index contributed by atoms with van der Waals surface area (Å²) in [6.45, 7) is 6.24. The third-order valence-corrected chi connectivity index (χ3v) is 6.20. The fourth-order valence-corrected chi connectivity index (χ4v) is 4.41. The molecule has 8 nitrogen and oxygen atoms in total. The Morgan fingerprint density at radius 1 is 1.06 bits per heavy atom. The molecule has 10 heteroatoms. The predicted octanol–water partition coefficient (Wildman–Crippen LogP) is 5.20. The zero-order valence-electron chi connectivity index (χ0n) is 19.9. The van der Waals surface area contributed by atoms with Crippen LogP contribution < -0.4 is 4.90 Å². The molecule has 3 aromatic rings. The number of benzene rings is 2. The summed E-state index contributed by atoms with van der Waals surface area (Å²) >= 11 is 12.6. The van der Waals surface area contributed by atoms with Gasteiger partial charge in [0.1, 0.15) is 17.7 Å². The largest absolute Gasteiger partial charge is 0.467 e. The molecule has 0 bridgehead atoms. The van der Waals surface area contributed by atoms with Gasteiger partial charge in [0, 0.05) is 29.1 Å². The number of hydrogen-bond donors (Lipinski definition) is 0. The molecule has 1 fully saturated rings. The fourth-order valence-electron chi connectivity index (χ4n) is 4.02. The van der Waals surface area contributed by atoms with E-state index in [0.29, 0.717) is 27.9 Å². The van der Waals surface area contributed by atoms with Crippen LogP contribution in [-0.2, 0) is 14.3 Å². The van der Waals surface area contributed by atoms with E-state index < -0.39 is 23.7 Å². The van der Waals surface area contributed by atoms with Gasteiger partial charge < -0.3 is 14.4 Å². The lowest BCUT2D eigenvalue weighted by Gasteiger charge is -2.40. The Balaban J connectivity index is 1.70. The quantitative estimate of drug-likeness (QED) is 0.442. The Labute approximate surface area is 213 Å². The molecule has 1 aromatic heterocycles. The molecule has 0 saturated carbocycles. The first-order chi connectivity index (χ1) is 16.6. The number of carbonyl (C=O) groups is 2. The zero-order chi connectivity index (χ0) is 25.3. The number of aromatic nitrogens is 2. The summed E-state index contributed by atoms with van der Waals surface area (Å²) in [4.78, 5) is 37.7. The van der Waals surface area contributed by atoms with Crippen LogP contribution in [0.15, 0.2) is 42.7 Å². The maximum Gasteiger partial charge on any atom is 0.411 e. The zero-order valence-corrected chi connectivity index (χ0v) is 21.4. The van der Waals surface area contributed by atoms with Crippen LogP contribution in [-0.4, -0.2) is 65.3 Å². The van der Waals surface area contributed by atoms with Crippen molar-refractivity contribution in [1.82, 2.24) is 14.9 Å². The third kappa shape index (κ3) is 5.44. The lowest BCUT2D eigenvalue weighted by Crippen LogP contribution is -2.59. The first-order valence-corrected chi connectivity index (χ1v) is 11.9. The van der Waals surface area contributed by atoms with Gasteiger partial charge in [-0.15, -0.1) is 0 Å². The Hall–Kier alpha value is -3.10. The molecule has 4 rings (SSSR count). The molecule has 0 spiro atoms. The van der Waals surface area contributed by atoms with Gasteiger partial charge in [-0.25, -0.2) is 19.6 Å². The van der Waals surface area contributed by atoms with Crippen LogP contribution in [0.4, 0.5) is 10.6 Å². The minimum atomic E-state index is -0.850.